The lowest BCUT2D eigenvalue weighted by atomic mass is 10.2. The Morgan fingerprint density at radius 3 is 2.85 bits per heavy atom. The van der Waals surface area contributed by atoms with Gasteiger partial charge in [0.1, 0.15) is 0 Å². The van der Waals surface area contributed by atoms with Gasteiger partial charge in [0, 0.05) is 10.5 Å². The van der Waals surface area contributed by atoms with Gasteiger partial charge in [-0.05, 0) is 24.3 Å². The molecule has 0 saturated heterocycles. The van der Waals surface area contributed by atoms with Crippen LogP contribution in [0.15, 0.2) is 47.4 Å². The van der Waals surface area contributed by atoms with Crippen LogP contribution in [0.4, 0.5) is 0 Å². The smallest absolute Gasteiger partial charge is 0.340 e. The van der Waals surface area contributed by atoms with Gasteiger partial charge in [-0.25, -0.2) is 4.79 Å². The van der Waals surface area contributed by atoms with Crippen molar-refractivity contribution >= 4 is 17.7 Å². The van der Waals surface area contributed by atoms with Gasteiger partial charge in [-0.2, -0.15) is 0 Å². The van der Waals surface area contributed by atoms with Crippen molar-refractivity contribution in [3.8, 4) is 11.5 Å². The van der Waals surface area contributed by atoms with E-state index in [0.717, 1.165) is 10.5 Å². The van der Waals surface area contributed by atoms with Crippen LogP contribution < -0.4 is 4.74 Å². The average molecular weight is 288 g/mol. The monoisotopic (exact) mass is 288 g/mol. The molecule has 20 heavy (non-hydrogen) atoms. The molecule has 0 saturated carbocycles. The van der Waals surface area contributed by atoms with Crippen molar-refractivity contribution < 1.29 is 19.4 Å². The summed E-state index contributed by atoms with van der Waals surface area (Å²) in [5.74, 6) is 0.0817. The number of hydrogen-bond donors (Lipinski definition) is 1. The number of phenolic OH excluding ortho intramolecular Hbond substituents is 1. The molecule has 102 valence electrons. The van der Waals surface area contributed by atoms with E-state index < -0.39 is 5.44 Å². The summed E-state index contributed by atoms with van der Waals surface area (Å²) >= 11 is 1.46. The van der Waals surface area contributed by atoms with E-state index in [0.29, 0.717) is 11.3 Å². The maximum atomic E-state index is 12.0. The van der Waals surface area contributed by atoms with Gasteiger partial charge in [0.15, 0.2) is 16.9 Å². The zero-order chi connectivity index (χ0) is 14.1. The minimum atomic E-state index is -0.438. The Balaban J connectivity index is 1.95. The van der Waals surface area contributed by atoms with Gasteiger partial charge in [-0.3, -0.25) is 0 Å². The molecule has 1 aliphatic heterocycles. The Morgan fingerprint density at radius 1 is 1.25 bits per heavy atom. The van der Waals surface area contributed by atoms with Crippen molar-refractivity contribution in [1.82, 2.24) is 0 Å². The van der Waals surface area contributed by atoms with Crippen LogP contribution in [0, 0.1) is 0 Å². The second-order valence-corrected chi connectivity index (χ2v) is 5.39. The van der Waals surface area contributed by atoms with Gasteiger partial charge in [0.2, 0.25) is 0 Å². The number of methoxy groups -OCH3 is 1. The first-order valence-electron chi connectivity index (χ1n) is 6.02. The molecule has 0 unspecified atom stereocenters. The molecule has 0 amide bonds. The molecule has 0 bridgehead atoms. The summed E-state index contributed by atoms with van der Waals surface area (Å²) < 4.78 is 10.5. The highest BCUT2D eigenvalue weighted by Gasteiger charge is 2.28. The predicted molar refractivity (Wildman–Crippen MR) is 75.1 cm³/mol. The molecule has 1 atom stereocenters. The Morgan fingerprint density at radius 2 is 2.05 bits per heavy atom. The van der Waals surface area contributed by atoms with E-state index in [-0.39, 0.29) is 11.7 Å². The lowest BCUT2D eigenvalue weighted by Crippen LogP contribution is -2.15. The first-order valence-corrected chi connectivity index (χ1v) is 6.90. The van der Waals surface area contributed by atoms with Gasteiger partial charge in [0.05, 0.1) is 12.7 Å². The maximum Gasteiger partial charge on any atom is 0.340 e. The number of aromatic hydroxyl groups is 1. The molecule has 5 heteroatoms. The van der Waals surface area contributed by atoms with E-state index in [1.807, 2.05) is 18.2 Å². The van der Waals surface area contributed by atoms with Crippen molar-refractivity contribution in [1.29, 1.82) is 0 Å². The number of ether oxygens (including phenoxy) is 2. The summed E-state index contributed by atoms with van der Waals surface area (Å²) in [6.07, 6.45) is 0. The largest absolute Gasteiger partial charge is 0.504 e. The molecule has 1 aliphatic rings. The third-order valence-electron chi connectivity index (χ3n) is 3.03. The predicted octanol–water partition coefficient (Wildman–Crippen LogP) is 3.36. The standard InChI is InChI=1S/C15H12O4S/c1-18-12-8-9(6-7-11(12)16)15-19-14(17)10-4-2-3-5-13(10)20-15/h2-8,15-16H,1H3/t15-/m1/s1. The van der Waals surface area contributed by atoms with E-state index in [1.54, 1.807) is 18.2 Å². The molecule has 2 aromatic carbocycles. The lowest BCUT2D eigenvalue weighted by molar-refractivity contribution is 0.0439. The maximum absolute atomic E-state index is 12.0. The molecule has 0 radical (unpaired) electrons. The first-order chi connectivity index (χ1) is 9.69. The van der Waals surface area contributed by atoms with Crippen molar-refractivity contribution in [3.63, 3.8) is 0 Å². The second-order valence-electron chi connectivity index (χ2n) is 4.28. The van der Waals surface area contributed by atoms with E-state index in [2.05, 4.69) is 0 Å². The number of cyclic esters (lactones) is 1. The van der Waals surface area contributed by atoms with Crippen LogP contribution in [0.1, 0.15) is 21.4 Å². The van der Waals surface area contributed by atoms with Crippen LogP contribution >= 0.6 is 11.8 Å². The number of benzene rings is 2. The molecular formula is C15H12O4S. The fraction of sp³-hybridized carbons (Fsp3) is 0.133. The van der Waals surface area contributed by atoms with Gasteiger partial charge in [-0.1, -0.05) is 30.0 Å². The molecule has 3 rings (SSSR count). The number of carbonyl (C=O) groups is 1. The van der Waals surface area contributed by atoms with Crippen LogP contribution in [0.5, 0.6) is 11.5 Å². The number of phenols is 1. The quantitative estimate of drug-likeness (QED) is 0.859. The highest BCUT2D eigenvalue weighted by Crippen LogP contribution is 2.44. The number of fused-ring (bicyclic) bond motifs is 1. The summed E-state index contributed by atoms with van der Waals surface area (Å²) in [5, 5.41) is 9.60. The Kier molecular flexibility index (Phi) is 3.28. The number of esters is 1. The topological polar surface area (TPSA) is 55.8 Å². The van der Waals surface area contributed by atoms with E-state index in [9.17, 15) is 9.90 Å². The molecule has 0 spiro atoms. The van der Waals surface area contributed by atoms with E-state index in [1.165, 1.54) is 24.9 Å². The SMILES string of the molecule is COc1cc([C@@H]2OC(=O)c3ccccc3S2)ccc1O. The molecule has 0 aliphatic carbocycles. The number of carbonyl (C=O) groups excluding carboxylic acids is 1. The summed E-state index contributed by atoms with van der Waals surface area (Å²) in [4.78, 5) is 12.9. The average Bonchev–Trinajstić information content (AvgIpc) is 2.47. The number of thioether (sulfide) groups is 1. The zero-order valence-electron chi connectivity index (χ0n) is 10.7. The molecule has 0 aromatic heterocycles. The van der Waals surface area contributed by atoms with Crippen LogP contribution in [-0.4, -0.2) is 18.2 Å². The minimum Gasteiger partial charge on any atom is -0.504 e. The van der Waals surface area contributed by atoms with Crippen LogP contribution in [0.2, 0.25) is 0 Å². The fourth-order valence-electron chi connectivity index (χ4n) is 2.02. The third-order valence-corrected chi connectivity index (χ3v) is 4.22. The Labute approximate surface area is 120 Å². The minimum absolute atomic E-state index is 0.0591. The molecule has 0 fully saturated rings. The van der Waals surface area contributed by atoms with Crippen molar-refractivity contribution in [2.45, 2.75) is 10.3 Å². The first kappa shape index (κ1) is 12.9. The molecular weight excluding hydrogens is 276 g/mol. The lowest BCUT2D eigenvalue weighted by Gasteiger charge is -2.24. The summed E-state index contributed by atoms with van der Waals surface area (Å²) in [6.45, 7) is 0. The fourth-order valence-corrected chi connectivity index (χ4v) is 3.10. The van der Waals surface area contributed by atoms with Crippen molar-refractivity contribution in [2.75, 3.05) is 7.11 Å². The molecule has 2 aromatic rings. The highest BCUT2D eigenvalue weighted by molar-refractivity contribution is 7.99. The third kappa shape index (κ3) is 2.20. The van der Waals surface area contributed by atoms with Gasteiger partial charge < -0.3 is 14.6 Å². The Bertz CT molecular complexity index is 669. The van der Waals surface area contributed by atoms with Crippen molar-refractivity contribution in [2.24, 2.45) is 0 Å². The van der Waals surface area contributed by atoms with Crippen LogP contribution in [0.3, 0.4) is 0 Å². The number of rotatable bonds is 2. The molecule has 4 nitrogen and oxygen atoms in total. The van der Waals surface area contributed by atoms with Gasteiger partial charge in [0.25, 0.3) is 0 Å². The molecule has 1 heterocycles. The van der Waals surface area contributed by atoms with Crippen LogP contribution in [0.25, 0.3) is 0 Å². The van der Waals surface area contributed by atoms with E-state index in [4.69, 9.17) is 9.47 Å². The van der Waals surface area contributed by atoms with Crippen molar-refractivity contribution in [3.05, 3.63) is 53.6 Å². The van der Waals surface area contributed by atoms with Gasteiger partial charge >= 0.3 is 5.97 Å². The van der Waals surface area contributed by atoms with E-state index >= 15 is 0 Å². The zero-order valence-corrected chi connectivity index (χ0v) is 11.5. The summed E-state index contributed by atoms with van der Waals surface area (Å²) in [7, 11) is 1.48. The number of hydrogen-bond acceptors (Lipinski definition) is 5. The highest BCUT2D eigenvalue weighted by atomic mass is 32.2. The van der Waals surface area contributed by atoms with Gasteiger partial charge in [-0.15, -0.1) is 0 Å². The van der Waals surface area contributed by atoms with Crippen LogP contribution in [-0.2, 0) is 4.74 Å². The Hall–Kier alpha value is -2.14. The summed E-state index contributed by atoms with van der Waals surface area (Å²) in [5.41, 5.74) is 0.916. The summed E-state index contributed by atoms with van der Waals surface area (Å²) in [6, 6.07) is 12.3. The normalized spacial score (nSPS) is 17.2. The second kappa shape index (κ2) is 5.09. The molecule has 1 N–H and O–H groups in total.